The largest absolute Gasteiger partial charge is 0.192 e. The Hall–Kier alpha value is -1.07. The van der Waals surface area contributed by atoms with Gasteiger partial charge in [0.05, 0.1) is 0 Å². The lowest BCUT2D eigenvalue weighted by Gasteiger charge is -1.97. The molecular formula is C9H9NS. The number of thiophene rings is 1. The molecule has 1 nitrogen and oxygen atoms in total. The molecule has 0 saturated heterocycles. The molecule has 1 aromatic heterocycles. The first-order valence-corrected chi connectivity index (χ1v) is 4.33. The van der Waals surface area contributed by atoms with Crippen molar-refractivity contribution in [2.24, 2.45) is 0 Å². The quantitative estimate of drug-likeness (QED) is 0.657. The first-order chi connectivity index (χ1) is 5.29. The minimum atomic E-state index is 0.775. The Bertz CT molecular complexity index is 304. The van der Waals surface area contributed by atoms with Crippen molar-refractivity contribution in [3.63, 3.8) is 0 Å². The molecule has 0 amide bonds. The van der Waals surface area contributed by atoms with Gasteiger partial charge in [0.2, 0.25) is 0 Å². The van der Waals surface area contributed by atoms with Crippen molar-refractivity contribution in [2.75, 3.05) is 0 Å². The van der Waals surface area contributed by atoms with Crippen molar-refractivity contribution in [3.8, 4) is 6.07 Å². The number of nitriles is 1. The summed E-state index contributed by atoms with van der Waals surface area (Å²) in [6.07, 6.45) is 0.908. The summed E-state index contributed by atoms with van der Waals surface area (Å²) < 4.78 is 0. The highest BCUT2D eigenvalue weighted by Gasteiger charge is 2.04. The van der Waals surface area contributed by atoms with Gasteiger partial charge in [-0.05, 0) is 23.4 Å². The molecule has 11 heavy (non-hydrogen) atoms. The second-order valence-electron chi connectivity index (χ2n) is 2.23. The molecule has 56 valence electrons. The summed E-state index contributed by atoms with van der Waals surface area (Å²) in [7, 11) is 0. The molecule has 2 heteroatoms. The highest BCUT2D eigenvalue weighted by molar-refractivity contribution is 7.10. The van der Waals surface area contributed by atoms with Crippen LogP contribution in [0.1, 0.15) is 23.8 Å². The second-order valence-corrected chi connectivity index (χ2v) is 3.15. The van der Waals surface area contributed by atoms with Crippen LogP contribution in [0.4, 0.5) is 0 Å². The van der Waals surface area contributed by atoms with Crippen LogP contribution >= 0.6 is 11.3 Å². The Kier molecular flexibility index (Phi) is 2.45. The maximum absolute atomic E-state index is 8.67. The van der Waals surface area contributed by atoms with E-state index in [1.54, 1.807) is 0 Å². The maximum atomic E-state index is 8.67. The molecule has 0 atom stereocenters. The Morgan fingerprint density at radius 2 is 2.55 bits per heavy atom. The van der Waals surface area contributed by atoms with E-state index in [-0.39, 0.29) is 0 Å². The summed E-state index contributed by atoms with van der Waals surface area (Å²) >= 11 is 1.47. The maximum Gasteiger partial charge on any atom is 0.112 e. The van der Waals surface area contributed by atoms with E-state index in [1.165, 1.54) is 11.3 Å². The average molecular weight is 163 g/mol. The molecule has 0 fully saturated rings. The van der Waals surface area contributed by atoms with Gasteiger partial charge in [0.1, 0.15) is 10.9 Å². The van der Waals surface area contributed by atoms with Crippen molar-refractivity contribution in [1.82, 2.24) is 0 Å². The van der Waals surface area contributed by atoms with Crippen LogP contribution in [0.15, 0.2) is 18.0 Å². The Morgan fingerprint density at radius 3 is 3.09 bits per heavy atom. The van der Waals surface area contributed by atoms with Crippen molar-refractivity contribution in [2.45, 2.75) is 13.3 Å². The lowest BCUT2D eigenvalue weighted by molar-refractivity contribution is 1.25. The molecule has 0 radical (unpaired) electrons. The van der Waals surface area contributed by atoms with Gasteiger partial charge in [0, 0.05) is 5.56 Å². The molecule has 0 aliphatic carbocycles. The van der Waals surface area contributed by atoms with Gasteiger partial charge in [-0.25, -0.2) is 0 Å². The van der Waals surface area contributed by atoms with Crippen molar-refractivity contribution < 1.29 is 0 Å². The third-order valence-corrected chi connectivity index (χ3v) is 2.39. The number of hydrogen-bond acceptors (Lipinski definition) is 2. The van der Waals surface area contributed by atoms with Gasteiger partial charge in [-0.3, -0.25) is 0 Å². The predicted octanol–water partition coefficient (Wildman–Crippen LogP) is 3.04. The minimum Gasteiger partial charge on any atom is -0.192 e. The van der Waals surface area contributed by atoms with Crippen LogP contribution in [-0.2, 0) is 0 Å². The predicted molar refractivity (Wildman–Crippen MR) is 48.4 cm³/mol. The van der Waals surface area contributed by atoms with Crippen LogP contribution < -0.4 is 0 Å². The second kappa shape index (κ2) is 3.36. The Balaban J connectivity index is 3.05. The summed E-state index contributed by atoms with van der Waals surface area (Å²) in [4.78, 5) is 0.775. The molecule has 0 unspecified atom stereocenters. The van der Waals surface area contributed by atoms with E-state index in [1.807, 2.05) is 18.4 Å². The van der Waals surface area contributed by atoms with Gasteiger partial charge in [-0.1, -0.05) is 13.5 Å². The summed E-state index contributed by atoms with van der Waals surface area (Å²) in [5, 5.41) is 10.6. The highest BCUT2D eigenvalue weighted by Crippen LogP contribution is 2.24. The van der Waals surface area contributed by atoms with E-state index in [2.05, 4.69) is 12.6 Å². The lowest BCUT2D eigenvalue weighted by atomic mass is 10.1. The Labute approximate surface area is 70.6 Å². The van der Waals surface area contributed by atoms with Gasteiger partial charge in [0.15, 0.2) is 0 Å². The molecule has 0 saturated carbocycles. The zero-order valence-electron chi connectivity index (χ0n) is 6.42. The number of hydrogen-bond donors (Lipinski definition) is 0. The van der Waals surface area contributed by atoms with E-state index in [0.29, 0.717) is 0 Å². The van der Waals surface area contributed by atoms with Crippen LogP contribution in [0.3, 0.4) is 0 Å². The third-order valence-electron chi connectivity index (χ3n) is 1.57. The van der Waals surface area contributed by atoms with Gasteiger partial charge >= 0.3 is 0 Å². The Morgan fingerprint density at radius 1 is 1.82 bits per heavy atom. The minimum absolute atomic E-state index is 0.775. The molecule has 1 heterocycles. The number of rotatable bonds is 2. The van der Waals surface area contributed by atoms with E-state index in [4.69, 9.17) is 5.26 Å². The lowest BCUT2D eigenvalue weighted by Crippen LogP contribution is -1.79. The molecular weight excluding hydrogens is 154 g/mol. The molecule has 0 spiro atoms. The molecule has 0 aliphatic rings. The van der Waals surface area contributed by atoms with Gasteiger partial charge < -0.3 is 0 Å². The topological polar surface area (TPSA) is 23.8 Å². The molecule has 0 aliphatic heterocycles. The van der Waals surface area contributed by atoms with Crippen molar-refractivity contribution >= 4 is 16.9 Å². The highest BCUT2D eigenvalue weighted by atomic mass is 32.1. The van der Waals surface area contributed by atoms with Gasteiger partial charge in [-0.15, -0.1) is 11.3 Å². The fourth-order valence-electron chi connectivity index (χ4n) is 0.865. The summed E-state index contributed by atoms with van der Waals surface area (Å²) in [6, 6.07) is 4.10. The zero-order chi connectivity index (χ0) is 8.27. The molecule has 0 N–H and O–H groups in total. The molecule has 0 aromatic carbocycles. The standard InChI is InChI=1S/C9H9NS/c1-3-7(2)8-4-5-11-9(8)6-10/h4-5H,2-3H2,1H3. The van der Waals surface area contributed by atoms with E-state index in [0.717, 1.165) is 22.4 Å². The number of allylic oxidation sites excluding steroid dienone is 1. The van der Waals surface area contributed by atoms with Crippen LogP contribution in [0.2, 0.25) is 0 Å². The molecule has 0 bridgehead atoms. The van der Waals surface area contributed by atoms with Crippen LogP contribution in [0.5, 0.6) is 0 Å². The van der Waals surface area contributed by atoms with Crippen LogP contribution in [0.25, 0.3) is 5.57 Å². The van der Waals surface area contributed by atoms with Gasteiger partial charge in [-0.2, -0.15) is 5.26 Å². The molecule has 1 rings (SSSR count). The zero-order valence-corrected chi connectivity index (χ0v) is 7.24. The normalized spacial score (nSPS) is 9.09. The van der Waals surface area contributed by atoms with E-state index < -0.39 is 0 Å². The summed E-state index contributed by atoms with van der Waals surface area (Å²) in [6.45, 7) is 5.92. The van der Waals surface area contributed by atoms with Gasteiger partial charge in [0.25, 0.3) is 0 Å². The fraction of sp³-hybridized carbons (Fsp3) is 0.222. The number of nitrogens with zero attached hydrogens (tertiary/aromatic N) is 1. The summed E-state index contributed by atoms with van der Waals surface area (Å²) in [5.74, 6) is 0. The average Bonchev–Trinajstić information content (AvgIpc) is 2.50. The van der Waals surface area contributed by atoms with E-state index in [9.17, 15) is 0 Å². The SMILES string of the molecule is C=C(CC)c1ccsc1C#N. The van der Waals surface area contributed by atoms with Crippen molar-refractivity contribution in [3.05, 3.63) is 28.5 Å². The van der Waals surface area contributed by atoms with Crippen molar-refractivity contribution in [1.29, 1.82) is 5.26 Å². The molecule has 1 aromatic rings. The smallest absolute Gasteiger partial charge is 0.112 e. The van der Waals surface area contributed by atoms with E-state index >= 15 is 0 Å². The van der Waals surface area contributed by atoms with Crippen LogP contribution in [-0.4, -0.2) is 0 Å². The third kappa shape index (κ3) is 1.50. The first-order valence-electron chi connectivity index (χ1n) is 3.45. The first kappa shape index (κ1) is 8.03. The summed E-state index contributed by atoms with van der Waals surface area (Å²) in [5.41, 5.74) is 2.06. The van der Waals surface area contributed by atoms with Crippen LogP contribution in [0, 0.1) is 11.3 Å². The fourth-order valence-corrected chi connectivity index (χ4v) is 1.60. The monoisotopic (exact) mass is 163 g/mol.